The molecule has 1 aliphatic carbocycles. The second kappa shape index (κ2) is 8.15. The number of nitriles is 1. The number of ether oxygens (including phenoxy) is 1. The van der Waals surface area contributed by atoms with Crippen LogP contribution in [0.3, 0.4) is 0 Å². The van der Waals surface area contributed by atoms with Crippen molar-refractivity contribution in [3.05, 3.63) is 70.4 Å². The van der Waals surface area contributed by atoms with Gasteiger partial charge < -0.3 is 20.1 Å². The number of Topliss-reactive ketones (excluding diaryl/α,β-unsaturated/α-hetero) is 1. The number of nitrogens with two attached hydrogens (primary N) is 1. The number of carbonyl (C=O) groups excluding carboxylic acids is 2. The molecule has 0 aliphatic heterocycles. The summed E-state index contributed by atoms with van der Waals surface area (Å²) in [5.74, 6) is -0.855. The fourth-order valence-corrected chi connectivity index (χ4v) is 4.31. The molecular weight excluding hydrogens is 430 g/mol. The van der Waals surface area contributed by atoms with Crippen LogP contribution in [0.1, 0.15) is 34.5 Å². The van der Waals surface area contributed by atoms with E-state index in [4.69, 9.17) is 22.1 Å². The van der Waals surface area contributed by atoms with Crippen molar-refractivity contribution in [3.8, 4) is 28.8 Å². The number of rotatable bonds is 5. The Hall–Kier alpha value is -3.60. The van der Waals surface area contributed by atoms with Crippen LogP contribution in [0, 0.1) is 11.3 Å². The summed E-state index contributed by atoms with van der Waals surface area (Å²) in [5.41, 5.74) is 5.06. The lowest BCUT2D eigenvalue weighted by atomic mass is 9.84. The van der Waals surface area contributed by atoms with E-state index in [1.807, 2.05) is 0 Å². The minimum Gasteiger partial charge on any atom is -0.497 e. The van der Waals surface area contributed by atoms with Crippen LogP contribution in [0.2, 0.25) is 5.02 Å². The molecule has 3 N–H and O–H groups in total. The minimum absolute atomic E-state index is 0.0923. The van der Waals surface area contributed by atoms with E-state index in [0.717, 1.165) is 0 Å². The van der Waals surface area contributed by atoms with Crippen LogP contribution in [0.5, 0.6) is 5.75 Å². The molecule has 1 atom stereocenters. The topological polar surface area (TPSA) is 118 Å². The first-order valence-corrected chi connectivity index (χ1v) is 10.3. The number of halogens is 1. The van der Waals surface area contributed by atoms with Crippen LogP contribution < -0.4 is 10.5 Å². The van der Waals surface area contributed by atoms with Crippen LogP contribution in [-0.2, 0) is 16.8 Å². The highest BCUT2D eigenvalue weighted by Gasteiger charge is 2.46. The third kappa shape index (κ3) is 3.34. The van der Waals surface area contributed by atoms with Gasteiger partial charge in [0, 0.05) is 34.0 Å². The molecular formula is C24H20ClN3O4. The first kappa shape index (κ1) is 21.6. The highest BCUT2D eigenvalue weighted by molar-refractivity contribution is 6.30. The van der Waals surface area contributed by atoms with Gasteiger partial charge in [0.15, 0.2) is 5.78 Å². The molecule has 0 bridgehead atoms. The van der Waals surface area contributed by atoms with Crippen molar-refractivity contribution < 1.29 is 19.4 Å². The molecule has 1 aliphatic rings. The Balaban J connectivity index is 2.17. The van der Waals surface area contributed by atoms with E-state index in [1.165, 1.54) is 0 Å². The number of nitrogens with zero attached hydrogens (tertiary/aromatic N) is 2. The van der Waals surface area contributed by atoms with E-state index in [0.29, 0.717) is 46.3 Å². The molecule has 32 heavy (non-hydrogen) atoms. The Kier molecular flexibility index (Phi) is 5.51. The van der Waals surface area contributed by atoms with Gasteiger partial charge in [-0.15, -0.1) is 0 Å². The molecule has 0 saturated carbocycles. The lowest BCUT2D eigenvalue weighted by Crippen LogP contribution is -2.41. The van der Waals surface area contributed by atoms with Crippen molar-refractivity contribution in [1.82, 2.24) is 4.57 Å². The summed E-state index contributed by atoms with van der Waals surface area (Å²) in [6, 6.07) is 15.5. The van der Waals surface area contributed by atoms with E-state index < -0.39 is 11.5 Å². The molecule has 4 rings (SSSR count). The summed E-state index contributed by atoms with van der Waals surface area (Å²) in [5, 5.41) is 21.4. The summed E-state index contributed by atoms with van der Waals surface area (Å²) in [7, 11) is 1.56. The van der Waals surface area contributed by atoms with E-state index in [1.54, 1.807) is 66.3 Å². The van der Waals surface area contributed by atoms with E-state index in [-0.39, 0.29) is 23.3 Å². The van der Waals surface area contributed by atoms with Crippen molar-refractivity contribution in [1.29, 1.82) is 5.26 Å². The second-order valence-electron chi connectivity index (χ2n) is 7.55. The van der Waals surface area contributed by atoms with E-state index in [2.05, 4.69) is 0 Å². The number of hydrogen-bond donors (Lipinski definition) is 2. The molecule has 7 nitrogen and oxygen atoms in total. The van der Waals surface area contributed by atoms with Crippen molar-refractivity contribution in [2.75, 3.05) is 7.11 Å². The van der Waals surface area contributed by atoms with Gasteiger partial charge in [-0.3, -0.25) is 9.59 Å². The third-order valence-corrected chi connectivity index (χ3v) is 5.95. The molecule has 0 fully saturated rings. The molecule has 0 radical (unpaired) electrons. The standard InChI is InChI=1S/C24H20ClN3O4/c1-32-17-11-9-16(10-12-17)28-18-3-2-4-19(29)20(18)21(24(31,13-26)23(27)30)22(28)14-5-7-15(25)8-6-14/h5-12,31H,2-4H2,1H3,(H2,27,30). The molecule has 1 heterocycles. The van der Waals surface area contributed by atoms with Crippen LogP contribution in [0.4, 0.5) is 0 Å². The zero-order valence-corrected chi connectivity index (χ0v) is 18.0. The van der Waals surface area contributed by atoms with Gasteiger partial charge in [-0.1, -0.05) is 23.7 Å². The number of aromatic nitrogens is 1. The first-order valence-electron chi connectivity index (χ1n) is 9.97. The summed E-state index contributed by atoms with van der Waals surface area (Å²) in [6.07, 6.45) is 1.37. The van der Waals surface area contributed by atoms with Crippen molar-refractivity contribution >= 4 is 23.3 Å². The largest absolute Gasteiger partial charge is 0.497 e. The zero-order chi connectivity index (χ0) is 23.0. The molecule has 1 amide bonds. The molecule has 162 valence electrons. The Bertz CT molecular complexity index is 1260. The van der Waals surface area contributed by atoms with Gasteiger partial charge in [0.1, 0.15) is 11.8 Å². The number of aliphatic hydroxyl groups is 1. The van der Waals surface area contributed by atoms with Crippen LogP contribution in [0.15, 0.2) is 48.5 Å². The molecule has 2 aromatic carbocycles. The van der Waals surface area contributed by atoms with E-state index in [9.17, 15) is 20.0 Å². The SMILES string of the molecule is COc1ccc(-n2c3c(c(C(O)(C#N)C(N)=O)c2-c2ccc(Cl)cc2)C(=O)CCC3)cc1. The normalized spacial score (nSPS) is 14.9. The maximum absolute atomic E-state index is 13.0. The third-order valence-electron chi connectivity index (χ3n) is 5.69. The average Bonchev–Trinajstić information content (AvgIpc) is 3.16. The highest BCUT2D eigenvalue weighted by atomic mass is 35.5. The lowest BCUT2D eigenvalue weighted by molar-refractivity contribution is -0.131. The molecule has 3 aromatic rings. The zero-order valence-electron chi connectivity index (χ0n) is 17.3. The second-order valence-corrected chi connectivity index (χ2v) is 7.99. The number of carbonyl (C=O) groups is 2. The van der Waals surface area contributed by atoms with E-state index >= 15 is 0 Å². The molecule has 8 heteroatoms. The number of primary amides is 1. The number of fused-ring (bicyclic) bond motifs is 1. The van der Waals surface area contributed by atoms with Crippen LogP contribution >= 0.6 is 11.6 Å². The summed E-state index contributed by atoms with van der Waals surface area (Å²) in [4.78, 5) is 25.4. The van der Waals surface area contributed by atoms with Gasteiger partial charge in [-0.05, 0) is 54.8 Å². The van der Waals surface area contributed by atoms with Gasteiger partial charge in [-0.25, -0.2) is 0 Å². The monoisotopic (exact) mass is 449 g/mol. The van der Waals surface area contributed by atoms with Crippen molar-refractivity contribution in [2.45, 2.75) is 24.9 Å². The number of methoxy groups -OCH3 is 1. The Morgan fingerprint density at radius 2 is 1.84 bits per heavy atom. The minimum atomic E-state index is -2.69. The maximum atomic E-state index is 13.0. The smallest absolute Gasteiger partial charge is 0.269 e. The quantitative estimate of drug-likeness (QED) is 0.577. The predicted octanol–water partition coefficient (Wildman–Crippen LogP) is 3.52. The first-order chi connectivity index (χ1) is 15.3. The summed E-state index contributed by atoms with van der Waals surface area (Å²) < 4.78 is 7.05. The Morgan fingerprint density at radius 1 is 1.19 bits per heavy atom. The lowest BCUT2D eigenvalue weighted by Gasteiger charge is -2.20. The predicted molar refractivity (Wildman–Crippen MR) is 119 cm³/mol. The Morgan fingerprint density at radius 3 is 2.41 bits per heavy atom. The van der Waals surface area contributed by atoms with Gasteiger partial charge in [0.05, 0.1) is 12.8 Å². The van der Waals surface area contributed by atoms with Gasteiger partial charge in [0.2, 0.25) is 0 Å². The fourth-order valence-electron chi connectivity index (χ4n) is 4.18. The van der Waals surface area contributed by atoms with Crippen molar-refractivity contribution in [2.24, 2.45) is 5.73 Å². The highest BCUT2D eigenvalue weighted by Crippen LogP contribution is 2.43. The number of amides is 1. The fraction of sp³-hybridized carbons (Fsp3) is 0.208. The molecule has 0 spiro atoms. The Labute approximate surface area is 189 Å². The van der Waals surface area contributed by atoms with Crippen molar-refractivity contribution in [3.63, 3.8) is 0 Å². The van der Waals surface area contributed by atoms with Gasteiger partial charge >= 0.3 is 0 Å². The number of benzene rings is 2. The average molecular weight is 450 g/mol. The summed E-state index contributed by atoms with van der Waals surface area (Å²) >= 11 is 6.07. The number of ketones is 1. The summed E-state index contributed by atoms with van der Waals surface area (Å²) in [6.45, 7) is 0. The number of hydrogen-bond acceptors (Lipinski definition) is 5. The van der Waals surface area contributed by atoms with Crippen LogP contribution in [-0.4, -0.2) is 28.5 Å². The molecule has 1 aromatic heterocycles. The molecule has 1 unspecified atom stereocenters. The van der Waals surface area contributed by atoms with Gasteiger partial charge in [-0.2, -0.15) is 5.26 Å². The maximum Gasteiger partial charge on any atom is 0.269 e. The van der Waals surface area contributed by atoms with Gasteiger partial charge in [0.25, 0.3) is 11.5 Å². The van der Waals surface area contributed by atoms with Crippen LogP contribution in [0.25, 0.3) is 16.9 Å². The molecule has 0 saturated heterocycles.